The third-order valence-corrected chi connectivity index (χ3v) is 8.72. The number of Topliss-reactive ketones (excluding diaryl/α,β-unsaturated/α-hetero) is 1. The average Bonchev–Trinajstić information content (AvgIpc) is 3.25. The Hall–Kier alpha value is -4.17. The summed E-state index contributed by atoms with van der Waals surface area (Å²) in [5.74, 6) is -1.60. The normalized spacial score (nSPS) is 18.3. The summed E-state index contributed by atoms with van der Waals surface area (Å²) in [6, 6.07) is 19.6. The van der Waals surface area contributed by atoms with E-state index in [4.69, 9.17) is 9.72 Å². The molecule has 1 saturated carbocycles. The van der Waals surface area contributed by atoms with Crippen LogP contribution in [0.2, 0.25) is 0 Å². The maximum absolute atomic E-state index is 13.4. The summed E-state index contributed by atoms with van der Waals surface area (Å²) in [4.78, 5) is 58.4. The van der Waals surface area contributed by atoms with Gasteiger partial charge >= 0.3 is 5.97 Å². The molecule has 4 aromatic rings. The lowest BCUT2D eigenvalue weighted by atomic mass is 9.81. The number of aromatic nitrogens is 1. The summed E-state index contributed by atoms with van der Waals surface area (Å²) >= 11 is 3.51. The summed E-state index contributed by atoms with van der Waals surface area (Å²) in [6.07, 6.45) is 3.47. The second-order valence-electron chi connectivity index (χ2n) is 11.1. The predicted octanol–water partition coefficient (Wildman–Crippen LogP) is 7.00. The van der Waals surface area contributed by atoms with E-state index in [1.807, 2.05) is 38.1 Å². The Balaban J connectivity index is 1.31. The molecule has 1 aliphatic carbocycles. The van der Waals surface area contributed by atoms with Gasteiger partial charge in [0.2, 0.25) is 11.8 Å². The van der Waals surface area contributed by atoms with Crippen LogP contribution in [0.25, 0.3) is 22.2 Å². The van der Waals surface area contributed by atoms with Crippen molar-refractivity contribution in [3.05, 3.63) is 93.5 Å². The van der Waals surface area contributed by atoms with E-state index in [1.165, 1.54) is 4.90 Å². The van der Waals surface area contributed by atoms with Gasteiger partial charge in [0.25, 0.3) is 0 Å². The van der Waals surface area contributed by atoms with E-state index in [-0.39, 0.29) is 41.6 Å². The van der Waals surface area contributed by atoms with E-state index in [2.05, 4.69) is 15.9 Å². The molecule has 8 heteroatoms. The fraction of sp³-hybridized carbons (Fsp3) is 0.265. The van der Waals surface area contributed by atoms with E-state index in [1.54, 1.807) is 42.5 Å². The van der Waals surface area contributed by atoms with Crippen molar-refractivity contribution in [3.8, 4) is 11.3 Å². The van der Waals surface area contributed by atoms with Crippen LogP contribution in [0.1, 0.15) is 57.5 Å². The van der Waals surface area contributed by atoms with Crippen LogP contribution in [0.5, 0.6) is 0 Å². The van der Waals surface area contributed by atoms with Gasteiger partial charge in [0.05, 0.1) is 34.3 Å². The lowest BCUT2D eigenvalue weighted by Crippen LogP contribution is -2.30. The van der Waals surface area contributed by atoms with Gasteiger partial charge in [-0.3, -0.25) is 19.3 Å². The molecule has 2 unspecified atom stereocenters. The van der Waals surface area contributed by atoms with E-state index in [9.17, 15) is 19.2 Å². The quantitative estimate of drug-likeness (QED) is 0.130. The average molecular weight is 626 g/mol. The fourth-order valence-corrected chi connectivity index (χ4v) is 6.58. The molecule has 2 atom stereocenters. The molecule has 6 rings (SSSR count). The number of anilines is 1. The molecule has 1 saturated heterocycles. The minimum Gasteiger partial charge on any atom is -0.454 e. The second kappa shape index (κ2) is 11.2. The molecule has 7 nitrogen and oxygen atoms in total. The maximum atomic E-state index is 13.4. The van der Waals surface area contributed by atoms with Gasteiger partial charge in [0.15, 0.2) is 12.4 Å². The van der Waals surface area contributed by atoms with E-state index >= 15 is 0 Å². The van der Waals surface area contributed by atoms with Crippen molar-refractivity contribution in [1.29, 1.82) is 0 Å². The minimum atomic E-state index is -0.630. The molecule has 0 spiro atoms. The van der Waals surface area contributed by atoms with Gasteiger partial charge in [-0.25, -0.2) is 9.78 Å². The lowest BCUT2D eigenvalue weighted by molar-refractivity contribution is -0.122. The van der Waals surface area contributed by atoms with Crippen LogP contribution in [0.15, 0.2) is 71.2 Å². The van der Waals surface area contributed by atoms with Crippen LogP contribution in [0.3, 0.4) is 0 Å². The van der Waals surface area contributed by atoms with Crippen LogP contribution >= 0.6 is 15.9 Å². The molecular weight excluding hydrogens is 596 g/mol. The molecule has 2 aliphatic rings. The number of esters is 1. The summed E-state index contributed by atoms with van der Waals surface area (Å²) < 4.78 is 6.29. The number of pyridine rings is 1. The van der Waals surface area contributed by atoms with E-state index in [0.29, 0.717) is 33.4 Å². The third-order valence-electron chi connectivity index (χ3n) is 8.26. The van der Waals surface area contributed by atoms with Crippen molar-refractivity contribution in [3.63, 3.8) is 0 Å². The highest BCUT2D eigenvalue weighted by atomic mass is 79.9. The third kappa shape index (κ3) is 5.15. The maximum Gasteiger partial charge on any atom is 0.339 e. The Labute approximate surface area is 252 Å². The highest BCUT2D eigenvalue weighted by molar-refractivity contribution is 9.10. The molecule has 3 aromatic carbocycles. The number of benzene rings is 3. The Morgan fingerprint density at radius 1 is 0.905 bits per heavy atom. The number of hydrogen-bond acceptors (Lipinski definition) is 6. The molecule has 0 N–H and O–H groups in total. The van der Waals surface area contributed by atoms with Gasteiger partial charge in [-0.15, -0.1) is 0 Å². The Morgan fingerprint density at radius 3 is 2.19 bits per heavy atom. The number of carbonyl (C=O) groups excluding carboxylic acids is 4. The van der Waals surface area contributed by atoms with Crippen molar-refractivity contribution in [1.82, 2.24) is 4.98 Å². The largest absolute Gasteiger partial charge is 0.454 e. The van der Waals surface area contributed by atoms with Crippen LogP contribution in [-0.2, 0) is 14.3 Å². The number of ketones is 1. The zero-order valence-corrected chi connectivity index (χ0v) is 24.9. The van der Waals surface area contributed by atoms with Gasteiger partial charge in [0.1, 0.15) is 0 Å². The molecule has 2 amide bonds. The zero-order valence-electron chi connectivity index (χ0n) is 23.4. The molecule has 212 valence electrons. The summed E-state index contributed by atoms with van der Waals surface area (Å²) in [7, 11) is 0. The topological polar surface area (TPSA) is 93.6 Å². The van der Waals surface area contributed by atoms with Crippen LogP contribution in [-0.4, -0.2) is 35.2 Å². The summed E-state index contributed by atoms with van der Waals surface area (Å²) in [5.41, 5.74) is 5.07. The Kier molecular flexibility index (Phi) is 7.49. The van der Waals surface area contributed by atoms with E-state index in [0.717, 1.165) is 41.3 Å². The van der Waals surface area contributed by atoms with Gasteiger partial charge in [-0.05, 0) is 62.6 Å². The molecule has 1 aliphatic heterocycles. The zero-order chi connectivity index (χ0) is 29.5. The van der Waals surface area contributed by atoms with Gasteiger partial charge in [0, 0.05) is 21.0 Å². The van der Waals surface area contributed by atoms with Gasteiger partial charge in [-0.2, -0.15) is 0 Å². The number of ether oxygens (including phenoxy) is 1. The smallest absolute Gasteiger partial charge is 0.339 e. The summed E-state index contributed by atoms with van der Waals surface area (Å²) in [5, 5.41) is 0.603. The van der Waals surface area contributed by atoms with Crippen molar-refractivity contribution in [2.75, 3.05) is 11.5 Å². The molecule has 2 fully saturated rings. The lowest BCUT2D eigenvalue weighted by Gasteiger charge is -2.19. The monoisotopic (exact) mass is 624 g/mol. The summed E-state index contributed by atoms with van der Waals surface area (Å²) in [6.45, 7) is 3.46. The number of imide groups is 1. The number of halogens is 1. The number of nitrogens with zero attached hydrogens (tertiary/aromatic N) is 2. The number of fused-ring (bicyclic) bond motifs is 2. The van der Waals surface area contributed by atoms with Crippen molar-refractivity contribution >= 4 is 56.1 Å². The van der Waals surface area contributed by atoms with E-state index < -0.39 is 5.97 Å². The SMILES string of the molecule is Cc1ccc(C(=O)COC(=O)c2cc(-c3ccc(N4C(=O)C5CCCCC5C4=O)cc3)nc3c(C)cc(Br)cc23)cc1. The minimum absolute atomic E-state index is 0.118. The first-order valence-corrected chi connectivity index (χ1v) is 14.9. The molecule has 2 heterocycles. The van der Waals surface area contributed by atoms with Crippen LogP contribution < -0.4 is 4.90 Å². The van der Waals surface area contributed by atoms with Crippen molar-refractivity contribution < 1.29 is 23.9 Å². The fourth-order valence-electron chi connectivity index (χ4n) is 6.00. The number of hydrogen-bond donors (Lipinski definition) is 0. The van der Waals surface area contributed by atoms with Crippen LogP contribution in [0.4, 0.5) is 5.69 Å². The molecule has 0 radical (unpaired) electrons. The number of rotatable bonds is 6. The highest BCUT2D eigenvalue weighted by Gasteiger charge is 2.48. The first-order valence-electron chi connectivity index (χ1n) is 14.1. The second-order valence-corrected chi connectivity index (χ2v) is 12.0. The van der Waals surface area contributed by atoms with Crippen LogP contribution in [0, 0.1) is 25.7 Å². The van der Waals surface area contributed by atoms with Gasteiger partial charge < -0.3 is 4.74 Å². The molecule has 0 bridgehead atoms. The van der Waals surface area contributed by atoms with Crippen molar-refractivity contribution in [2.45, 2.75) is 39.5 Å². The molecule has 1 aromatic heterocycles. The first kappa shape index (κ1) is 28.0. The van der Waals surface area contributed by atoms with Gasteiger partial charge in [-0.1, -0.05) is 70.7 Å². The number of carbonyl (C=O) groups is 4. The Bertz CT molecular complexity index is 1720. The highest BCUT2D eigenvalue weighted by Crippen LogP contribution is 2.40. The Morgan fingerprint density at radius 2 is 1.55 bits per heavy atom. The standard InChI is InChI=1S/C34H29BrN2O5/c1-19-7-9-22(10-8-19)30(38)18-42-34(41)28-17-29(36-31-20(2)15-23(35)16-27(28)31)21-11-13-24(14-12-21)37-32(39)25-5-3-4-6-26(25)33(37)40/h7-17,25-26H,3-6,18H2,1-2H3. The molecule has 42 heavy (non-hydrogen) atoms. The number of aryl methyl sites for hydroxylation is 2. The predicted molar refractivity (Wildman–Crippen MR) is 163 cm³/mol. The van der Waals surface area contributed by atoms with Crippen molar-refractivity contribution in [2.24, 2.45) is 11.8 Å². The molecular formula is C34H29BrN2O5. The first-order chi connectivity index (χ1) is 20.2. The number of amides is 2.